The van der Waals surface area contributed by atoms with Crippen molar-refractivity contribution in [3.05, 3.63) is 34.1 Å². The minimum Gasteiger partial charge on any atom is -0.312 e. The van der Waals surface area contributed by atoms with Crippen LogP contribution in [-0.4, -0.2) is 12.1 Å². The standard InChI is InChI=1S/C15H23BrFN/c1-14(2,3)18-10-15(4,5)9-11-6-7-13(17)12(16)8-11/h6-8,18H,9-10H2,1-5H3. The van der Waals surface area contributed by atoms with Crippen molar-refractivity contribution in [1.82, 2.24) is 5.32 Å². The van der Waals surface area contributed by atoms with Crippen LogP contribution in [0.4, 0.5) is 4.39 Å². The number of halogens is 2. The first-order valence-corrected chi connectivity index (χ1v) is 7.07. The van der Waals surface area contributed by atoms with E-state index >= 15 is 0 Å². The summed E-state index contributed by atoms with van der Waals surface area (Å²) in [6.07, 6.45) is 0.926. The SMILES string of the molecule is CC(C)(CNC(C)(C)C)Cc1ccc(F)c(Br)c1. The monoisotopic (exact) mass is 315 g/mol. The summed E-state index contributed by atoms with van der Waals surface area (Å²) >= 11 is 3.23. The number of hydrogen-bond donors (Lipinski definition) is 1. The Morgan fingerprint density at radius 2 is 1.78 bits per heavy atom. The van der Waals surface area contributed by atoms with E-state index in [1.54, 1.807) is 0 Å². The molecule has 0 unspecified atom stereocenters. The molecule has 1 aromatic carbocycles. The Balaban J connectivity index is 2.67. The molecule has 0 atom stereocenters. The van der Waals surface area contributed by atoms with Gasteiger partial charge in [0.2, 0.25) is 0 Å². The summed E-state index contributed by atoms with van der Waals surface area (Å²) in [5, 5.41) is 3.52. The molecule has 0 amide bonds. The van der Waals surface area contributed by atoms with Gasteiger partial charge in [0, 0.05) is 12.1 Å². The molecule has 0 aromatic heterocycles. The normalized spacial score (nSPS) is 12.8. The Labute approximate surface area is 118 Å². The summed E-state index contributed by atoms with van der Waals surface area (Å²) in [5.41, 5.74) is 1.43. The number of hydrogen-bond acceptors (Lipinski definition) is 1. The van der Waals surface area contributed by atoms with Crippen LogP contribution in [0.5, 0.6) is 0 Å². The molecular formula is C15H23BrFN. The number of nitrogens with one attached hydrogen (secondary N) is 1. The third-order valence-electron chi connectivity index (χ3n) is 2.76. The summed E-state index contributed by atoms with van der Waals surface area (Å²) in [4.78, 5) is 0. The van der Waals surface area contributed by atoms with Gasteiger partial charge in [-0.3, -0.25) is 0 Å². The first-order chi connectivity index (χ1) is 8.09. The third-order valence-corrected chi connectivity index (χ3v) is 3.37. The minimum absolute atomic E-state index is 0.126. The lowest BCUT2D eigenvalue weighted by molar-refractivity contribution is 0.289. The smallest absolute Gasteiger partial charge is 0.137 e. The van der Waals surface area contributed by atoms with Gasteiger partial charge in [-0.25, -0.2) is 4.39 Å². The van der Waals surface area contributed by atoms with Crippen LogP contribution >= 0.6 is 15.9 Å². The zero-order chi connectivity index (χ0) is 14.0. The first kappa shape index (κ1) is 15.6. The zero-order valence-electron chi connectivity index (χ0n) is 11.9. The molecule has 0 aliphatic carbocycles. The van der Waals surface area contributed by atoms with Crippen molar-refractivity contribution in [1.29, 1.82) is 0 Å². The Morgan fingerprint density at radius 3 is 2.28 bits per heavy atom. The van der Waals surface area contributed by atoms with Crippen LogP contribution in [0.1, 0.15) is 40.2 Å². The van der Waals surface area contributed by atoms with Gasteiger partial charge in [0.25, 0.3) is 0 Å². The maximum Gasteiger partial charge on any atom is 0.137 e. The molecule has 18 heavy (non-hydrogen) atoms. The topological polar surface area (TPSA) is 12.0 Å². The molecule has 1 aromatic rings. The van der Waals surface area contributed by atoms with Crippen LogP contribution in [0.3, 0.4) is 0 Å². The van der Waals surface area contributed by atoms with E-state index in [9.17, 15) is 4.39 Å². The van der Waals surface area contributed by atoms with E-state index in [2.05, 4.69) is 55.9 Å². The predicted octanol–water partition coefficient (Wildman–Crippen LogP) is 4.55. The van der Waals surface area contributed by atoms with Crippen LogP contribution in [0.2, 0.25) is 0 Å². The lowest BCUT2D eigenvalue weighted by Crippen LogP contribution is -2.42. The molecule has 0 fully saturated rings. The summed E-state index contributed by atoms with van der Waals surface area (Å²) in [5.74, 6) is -0.204. The lowest BCUT2D eigenvalue weighted by Gasteiger charge is -2.30. The molecule has 3 heteroatoms. The second-order valence-electron chi connectivity index (χ2n) is 6.69. The van der Waals surface area contributed by atoms with E-state index in [0.29, 0.717) is 4.47 Å². The fourth-order valence-electron chi connectivity index (χ4n) is 1.77. The largest absolute Gasteiger partial charge is 0.312 e. The molecule has 0 spiro atoms. The summed E-state index contributed by atoms with van der Waals surface area (Å²) in [6, 6.07) is 5.25. The highest BCUT2D eigenvalue weighted by molar-refractivity contribution is 9.10. The van der Waals surface area contributed by atoms with Gasteiger partial charge in [0.1, 0.15) is 5.82 Å². The zero-order valence-corrected chi connectivity index (χ0v) is 13.5. The van der Waals surface area contributed by atoms with Crippen LogP contribution in [0.15, 0.2) is 22.7 Å². The van der Waals surface area contributed by atoms with E-state index in [4.69, 9.17) is 0 Å². The first-order valence-electron chi connectivity index (χ1n) is 6.28. The van der Waals surface area contributed by atoms with Gasteiger partial charge in [-0.2, -0.15) is 0 Å². The van der Waals surface area contributed by atoms with Crippen molar-refractivity contribution in [2.24, 2.45) is 5.41 Å². The van der Waals surface area contributed by atoms with Crippen LogP contribution < -0.4 is 5.32 Å². The van der Waals surface area contributed by atoms with Crippen LogP contribution in [-0.2, 0) is 6.42 Å². The van der Waals surface area contributed by atoms with E-state index in [0.717, 1.165) is 18.5 Å². The highest BCUT2D eigenvalue weighted by Gasteiger charge is 2.21. The van der Waals surface area contributed by atoms with E-state index in [1.165, 1.54) is 6.07 Å². The molecule has 0 aliphatic rings. The van der Waals surface area contributed by atoms with Gasteiger partial charge < -0.3 is 5.32 Å². The average molecular weight is 316 g/mol. The predicted molar refractivity (Wildman–Crippen MR) is 79.3 cm³/mol. The van der Waals surface area contributed by atoms with Gasteiger partial charge in [-0.1, -0.05) is 19.9 Å². The van der Waals surface area contributed by atoms with Crippen LogP contribution in [0, 0.1) is 11.2 Å². The van der Waals surface area contributed by atoms with E-state index in [-0.39, 0.29) is 16.8 Å². The quantitative estimate of drug-likeness (QED) is 0.859. The Bertz CT molecular complexity index is 407. The van der Waals surface area contributed by atoms with Crippen molar-refractivity contribution in [2.75, 3.05) is 6.54 Å². The van der Waals surface area contributed by atoms with Gasteiger partial charge in [0.05, 0.1) is 4.47 Å². The summed E-state index contributed by atoms with van der Waals surface area (Å²) < 4.78 is 13.7. The molecule has 0 heterocycles. The maximum absolute atomic E-state index is 13.2. The molecule has 102 valence electrons. The lowest BCUT2D eigenvalue weighted by atomic mass is 9.85. The second kappa shape index (κ2) is 5.70. The molecule has 1 nitrogen and oxygen atoms in total. The van der Waals surface area contributed by atoms with Gasteiger partial charge in [-0.05, 0) is 66.2 Å². The van der Waals surface area contributed by atoms with Crippen LogP contribution in [0.25, 0.3) is 0 Å². The maximum atomic E-state index is 13.2. The highest BCUT2D eigenvalue weighted by atomic mass is 79.9. The van der Waals surface area contributed by atoms with Crippen molar-refractivity contribution in [2.45, 2.75) is 46.6 Å². The molecule has 0 bridgehead atoms. The van der Waals surface area contributed by atoms with Crippen molar-refractivity contribution >= 4 is 15.9 Å². The molecule has 0 saturated carbocycles. The average Bonchev–Trinajstić information content (AvgIpc) is 2.20. The second-order valence-corrected chi connectivity index (χ2v) is 7.55. The van der Waals surface area contributed by atoms with Gasteiger partial charge in [-0.15, -0.1) is 0 Å². The summed E-state index contributed by atoms with van der Waals surface area (Å²) in [6.45, 7) is 11.9. The molecule has 1 N–H and O–H groups in total. The number of rotatable bonds is 4. The summed E-state index contributed by atoms with van der Waals surface area (Å²) in [7, 11) is 0. The Kier molecular flexibility index (Phi) is 4.96. The van der Waals surface area contributed by atoms with Crippen molar-refractivity contribution in [3.63, 3.8) is 0 Å². The molecular weight excluding hydrogens is 293 g/mol. The fourth-order valence-corrected chi connectivity index (χ4v) is 2.20. The minimum atomic E-state index is -0.204. The Hall–Kier alpha value is -0.410. The van der Waals surface area contributed by atoms with Gasteiger partial charge in [0.15, 0.2) is 0 Å². The molecule has 0 aliphatic heterocycles. The Morgan fingerprint density at radius 1 is 1.17 bits per heavy atom. The molecule has 1 rings (SSSR count). The van der Waals surface area contributed by atoms with Crippen molar-refractivity contribution in [3.8, 4) is 0 Å². The van der Waals surface area contributed by atoms with Gasteiger partial charge >= 0.3 is 0 Å². The van der Waals surface area contributed by atoms with E-state index < -0.39 is 0 Å². The highest BCUT2D eigenvalue weighted by Crippen LogP contribution is 2.25. The van der Waals surface area contributed by atoms with Crippen molar-refractivity contribution < 1.29 is 4.39 Å². The van der Waals surface area contributed by atoms with E-state index in [1.807, 2.05) is 12.1 Å². The molecule has 0 radical (unpaired) electrons. The fraction of sp³-hybridized carbons (Fsp3) is 0.600. The molecule has 0 saturated heterocycles. The third kappa shape index (κ3) is 5.49. The number of benzene rings is 1.